The van der Waals surface area contributed by atoms with E-state index in [2.05, 4.69) is 18.7 Å². The van der Waals surface area contributed by atoms with E-state index < -0.39 is 8.80 Å². The first-order valence-corrected chi connectivity index (χ1v) is 7.49. The average Bonchev–Trinajstić information content (AvgIpc) is 2.31. The molecule has 0 aromatic rings. The fraction of sp³-hybridized carbons (Fsp3) is 1.00. The van der Waals surface area contributed by atoms with Gasteiger partial charge < -0.3 is 18.2 Å². The zero-order chi connectivity index (χ0) is 11.7. The van der Waals surface area contributed by atoms with Crippen LogP contribution in [0.2, 0.25) is 6.04 Å². The van der Waals surface area contributed by atoms with E-state index in [1.807, 2.05) is 0 Å². The number of hydrogen-bond acceptors (Lipinski definition) is 4. The summed E-state index contributed by atoms with van der Waals surface area (Å²) in [5.41, 5.74) is 0. The topological polar surface area (TPSA) is 30.9 Å². The van der Waals surface area contributed by atoms with Crippen LogP contribution >= 0.6 is 0 Å². The number of hydrogen-bond donors (Lipinski definition) is 0. The Morgan fingerprint density at radius 3 is 1.73 bits per heavy atom. The van der Waals surface area contributed by atoms with Crippen molar-refractivity contribution < 1.29 is 13.3 Å². The van der Waals surface area contributed by atoms with Gasteiger partial charge in [0.05, 0.1) is 0 Å². The highest BCUT2D eigenvalue weighted by atomic mass is 28.4. The fourth-order valence-corrected chi connectivity index (χ4v) is 3.32. The van der Waals surface area contributed by atoms with E-state index in [4.69, 9.17) is 13.3 Å². The molecule has 0 aromatic heterocycles. The van der Waals surface area contributed by atoms with Crippen molar-refractivity contribution in [1.29, 1.82) is 0 Å². The molecule has 0 fully saturated rings. The summed E-state index contributed by atoms with van der Waals surface area (Å²) in [6.45, 7) is 7.63. The van der Waals surface area contributed by atoms with Gasteiger partial charge in [0.2, 0.25) is 0 Å². The smallest absolute Gasteiger partial charge is 0.280 e. The minimum atomic E-state index is -2.34. The van der Waals surface area contributed by atoms with Crippen molar-refractivity contribution in [2.24, 2.45) is 0 Å². The van der Waals surface area contributed by atoms with Crippen molar-refractivity contribution >= 4 is 8.80 Å². The lowest BCUT2D eigenvalue weighted by Gasteiger charge is -2.39. The summed E-state index contributed by atoms with van der Waals surface area (Å²) in [5.74, 6) is 0. The van der Waals surface area contributed by atoms with Gasteiger partial charge in [0.25, 0.3) is 8.80 Å². The second kappa shape index (κ2) is 8.24. The third-order valence-corrected chi connectivity index (χ3v) is 5.62. The molecule has 0 bridgehead atoms. The molecule has 4 nitrogen and oxygen atoms in total. The maximum Gasteiger partial charge on any atom is 0.280 e. The molecule has 0 amide bonds. The SMILES string of the molecule is CCN(CC)CCC[Si-](OC)(OC)OC. The molecule has 15 heavy (non-hydrogen) atoms. The van der Waals surface area contributed by atoms with Gasteiger partial charge in [-0.05, 0) is 41.0 Å². The summed E-state index contributed by atoms with van der Waals surface area (Å²) < 4.78 is 16.1. The molecule has 0 aromatic carbocycles. The molecule has 0 N–H and O–H groups in total. The molecule has 5 heteroatoms. The monoisotopic (exact) mass is 235 g/mol. The van der Waals surface area contributed by atoms with E-state index in [1.165, 1.54) is 0 Å². The minimum absolute atomic E-state index is 0.882. The molecule has 0 aliphatic carbocycles. The van der Waals surface area contributed by atoms with Gasteiger partial charge in [-0.3, -0.25) is 0 Å². The summed E-state index contributed by atoms with van der Waals surface area (Å²) >= 11 is 0. The van der Waals surface area contributed by atoms with E-state index in [1.54, 1.807) is 21.3 Å². The number of rotatable bonds is 9. The van der Waals surface area contributed by atoms with E-state index in [0.29, 0.717) is 0 Å². The van der Waals surface area contributed by atoms with Crippen molar-refractivity contribution in [2.45, 2.75) is 26.3 Å². The Labute approximate surface area is 94.9 Å². The van der Waals surface area contributed by atoms with Crippen LogP contribution in [0.25, 0.3) is 0 Å². The van der Waals surface area contributed by atoms with Gasteiger partial charge in [-0.25, -0.2) is 0 Å². The van der Waals surface area contributed by atoms with Gasteiger partial charge in [0.15, 0.2) is 0 Å². The molecule has 0 unspecified atom stereocenters. The largest absolute Gasteiger partial charge is 0.527 e. The molecule has 0 rings (SSSR count). The van der Waals surface area contributed by atoms with Crippen LogP contribution in [0.5, 0.6) is 0 Å². The molecule has 0 saturated carbocycles. The van der Waals surface area contributed by atoms with Crippen molar-refractivity contribution in [2.75, 3.05) is 41.0 Å². The van der Waals surface area contributed by atoms with E-state index >= 15 is 0 Å². The first-order chi connectivity index (χ1) is 7.17. The Morgan fingerprint density at radius 2 is 1.40 bits per heavy atom. The summed E-state index contributed by atoms with van der Waals surface area (Å²) in [6, 6.07) is 0.882. The van der Waals surface area contributed by atoms with Crippen LogP contribution < -0.4 is 0 Å². The first kappa shape index (κ1) is 15.1. The highest BCUT2D eigenvalue weighted by molar-refractivity contribution is 6.60. The third kappa shape index (κ3) is 5.08. The first-order valence-electron chi connectivity index (χ1n) is 5.55. The third-order valence-electron chi connectivity index (χ3n) is 2.78. The second-order valence-corrected chi connectivity index (χ2v) is 6.52. The number of nitrogens with zero attached hydrogens (tertiary/aromatic N) is 1. The Morgan fingerprint density at radius 1 is 0.933 bits per heavy atom. The van der Waals surface area contributed by atoms with Gasteiger partial charge in [0, 0.05) is 0 Å². The van der Waals surface area contributed by atoms with Crippen LogP contribution in [0.4, 0.5) is 0 Å². The molecule has 93 valence electrons. The van der Waals surface area contributed by atoms with Crippen molar-refractivity contribution in [3.63, 3.8) is 0 Å². The van der Waals surface area contributed by atoms with Crippen molar-refractivity contribution in [3.05, 3.63) is 0 Å². The molecule has 0 aliphatic heterocycles. The van der Waals surface area contributed by atoms with Gasteiger partial charge in [0.1, 0.15) is 0 Å². The van der Waals surface area contributed by atoms with Gasteiger partial charge in [-0.1, -0.05) is 26.3 Å². The molecule has 0 aliphatic rings. The maximum atomic E-state index is 5.36. The van der Waals surface area contributed by atoms with Crippen molar-refractivity contribution in [1.82, 2.24) is 4.90 Å². The van der Waals surface area contributed by atoms with Gasteiger partial charge in [-0.15, -0.1) is 0 Å². The van der Waals surface area contributed by atoms with Crippen LogP contribution in [0.1, 0.15) is 20.3 Å². The highest BCUT2D eigenvalue weighted by Gasteiger charge is 2.21. The molecule has 0 spiro atoms. The summed E-state index contributed by atoms with van der Waals surface area (Å²) in [6.07, 6.45) is 1.06. The maximum absolute atomic E-state index is 5.36. The lowest BCUT2D eigenvalue weighted by atomic mass is 10.4. The van der Waals surface area contributed by atoms with Gasteiger partial charge >= 0.3 is 0 Å². The lowest BCUT2D eigenvalue weighted by molar-refractivity contribution is 0.121. The van der Waals surface area contributed by atoms with Crippen LogP contribution in [-0.2, 0) is 13.3 Å². The zero-order valence-corrected chi connectivity index (χ0v) is 11.7. The van der Waals surface area contributed by atoms with Crippen LogP contribution in [-0.4, -0.2) is 54.7 Å². The quantitative estimate of drug-likeness (QED) is 0.568. The summed E-state index contributed by atoms with van der Waals surface area (Å²) in [7, 11) is 2.65. The van der Waals surface area contributed by atoms with E-state index in [-0.39, 0.29) is 0 Å². The second-order valence-electron chi connectivity index (χ2n) is 3.43. The Hall–Kier alpha value is 0.0569. The Kier molecular flexibility index (Phi) is 8.27. The summed E-state index contributed by atoms with van der Waals surface area (Å²) in [5, 5.41) is 0. The molecule has 0 saturated heterocycles. The fourth-order valence-electron chi connectivity index (χ4n) is 1.62. The van der Waals surface area contributed by atoms with Crippen LogP contribution in [0, 0.1) is 0 Å². The highest BCUT2D eigenvalue weighted by Crippen LogP contribution is 2.15. The Balaban J connectivity index is 3.89. The summed E-state index contributed by atoms with van der Waals surface area (Å²) in [4.78, 5) is 2.39. The standard InChI is InChI=1S/C10H25NO3Si/c1-6-11(7-2)9-8-10-15(12-3,13-4)14-5/h6-10H2,1-5H3/q-1. The lowest BCUT2D eigenvalue weighted by Crippen LogP contribution is -2.43. The molecular weight excluding hydrogens is 210 g/mol. The molecule has 0 heterocycles. The van der Waals surface area contributed by atoms with E-state index in [0.717, 1.165) is 32.1 Å². The Bertz CT molecular complexity index is 141. The van der Waals surface area contributed by atoms with Crippen LogP contribution in [0.3, 0.4) is 0 Å². The normalized spacial score (nSPS) is 12.4. The predicted molar refractivity (Wildman–Crippen MR) is 64.0 cm³/mol. The van der Waals surface area contributed by atoms with Crippen LogP contribution in [0.15, 0.2) is 0 Å². The molecule has 0 atom stereocenters. The predicted octanol–water partition coefficient (Wildman–Crippen LogP) is 1.60. The molecular formula is C10H25NO3Si-. The van der Waals surface area contributed by atoms with E-state index in [9.17, 15) is 0 Å². The average molecular weight is 235 g/mol. The zero-order valence-electron chi connectivity index (χ0n) is 10.7. The van der Waals surface area contributed by atoms with Gasteiger partial charge in [-0.2, -0.15) is 0 Å². The minimum Gasteiger partial charge on any atom is -0.527 e. The van der Waals surface area contributed by atoms with Crippen molar-refractivity contribution in [3.8, 4) is 0 Å². The molecule has 0 radical (unpaired) electrons.